The van der Waals surface area contributed by atoms with Gasteiger partial charge in [0.2, 0.25) is 0 Å². The van der Waals surface area contributed by atoms with Gasteiger partial charge in [0, 0.05) is 34.9 Å². The molecule has 1 fully saturated rings. The van der Waals surface area contributed by atoms with Crippen LogP contribution in [0.15, 0.2) is 30.5 Å². The summed E-state index contributed by atoms with van der Waals surface area (Å²) in [4.78, 5) is 0. The van der Waals surface area contributed by atoms with E-state index in [0.29, 0.717) is 12.5 Å². The summed E-state index contributed by atoms with van der Waals surface area (Å²) in [6, 6.07) is 7.91. The minimum absolute atomic E-state index is 0. The number of halogens is 2. The number of hydrogen-bond acceptors (Lipinski definition) is 4. The molecule has 6 nitrogen and oxygen atoms in total. The van der Waals surface area contributed by atoms with Crippen LogP contribution in [0.5, 0.6) is 0 Å². The summed E-state index contributed by atoms with van der Waals surface area (Å²) in [6.07, 6.45) is 3.21. The minimum Gasteiger partial charge on any atom is -0.316 e. The summed E-state index contributed by atoms with van der Waals surface area (Å²) in [5.74, 6) is 0.485. The van der Waals surface area contributed by atoms with E-state index in [1.807, 2.05) is 33.6 Å². The number of hydrogen-bond donors (Lipinski definition) is 1. The molecule has 8 heteroatoms. The number of benzene rings is 1. The third kappa shape index (κ3) is 4.34. The molecular weight excluding hydrogens is 383 g/mol. The molecule has 1 aliphatic heterocycles. The zero-order valence-corrected chi connectivity index (χ0v) is 17.1. The molecule has 0 bridgehead atoms. The average Bonchev–Trinajstić information content (AvgIpc) is 3.35. The highest BCUT2D eigenvalue weighted by Gasteiger charge is 2.20. The molecule has 144 valence electrons. The SMILES string of the molecule is Cc1nn(Cc2ccc(Cl)cc2)c(C)c1Cn1cc(C2CCNC2)nn1.Cl. The standard InChI is InChI=1S/C19H23ClN6.ClH/c1-13-18(11-25-12-19(22-24-25)16-7-8-21-9-16)14(2)26(23-13)10-15-3-5-17(20)6-4-15;/h3-6,12,16,21H,7-11H2,1-2H3;1H. The van der Waals surface area contributed by atoms with Crippen molar-refractivity contribution in [2.75, 3.05) is 13.1 Å². The van der Waals surface area contributed by atoms with E-state index in [1.54, 1.807) is 0 Å². The first kappa shape index (κ1) is 19.9. The molecule has 1 unspecified atom stereocenters. The number of aromatic nitrogens is 5. The molecule has 1 saturated heterocycles. The van der Waals surface area contributed by atoms with Crippen LogP contribution in [0.4, 0.5) is 0 Å². The van der Waals surface area contributed by atoms with E-state index >= 15 is 0 Å². The van der Waals surface area contributed by atoms with E-state index in [-0.39, 0.29) is 12.4 Å². The van der Waals surface area contributed by atoms with Gasteiger partial charge in [-0.25, -0.2) is 4.68 Å². The monoisotopic (exact) mass is 406 g/mol. The highest BCUT2D eigenvalue weighted by molar-refractivity contribution is 6.30. The van der Waals surface area contributed by atoms with Crippen LogP contribution in [-0.2, 0) is 13.1 Å². The van der Waals surface area contributed by atoms with Crippen LogP contribution in [0.1, 0.15) is 40.5 Å². The van der Waals surface area contributed by atoms with Gasteiger partial charge in [-0.1, -0.05) is 28.9 Å². The Hall–Kier alpha value is -1.89. The number of rotatable bonds is 5. The molecule has 3 aromatic rings. The van der Waals surface area contributed by atoms with Gasteiger partial charge in [-0.05, 0) is 44.5 Å². The van der Waals surface area contributed by atoms with Crippen molar-refractivity contribution in [2.24, 2.45) is 0 Å². The second-order valence-corrected chi connectivity index (χ2v) is 7.40. The molecule has 1 aromatic carbocycles. The van der Waals surface area contributed by atoms with E-state index in [9.17, 15) is 0 Å². The molecule has 1 aliphatic rings. The van der Waals surface area contributed by atoms with E-state index in [2.05, 4.69) is 35.7 Å². The Morgan fingerprint density at radius 3 is 2.67 bits per heavy atom. The summed E-state index contributed by atoms with van der Waals surface area (Å²) in [5.41, 5.74) is 5.68. The summed E-state index contributed by atoms with van der Waals surface area (Å²) in [5, 5.41) is 17.6. The lowest BCUT2D eigenvalue weighted by molar-refractivity contribution is 0.636. The first-order chi connectivity index (χ1) is 12.6. The third-order valence-electron chi connectivity index (χ3n) is 5.13. The van der Waals surface area contributed by atoms with Gasteiger partial charge >= 0.3 is 0 Å². The van der Waals surface area contributed by atoms with Gasteiger partial charge in [0.1, 0.15) is 0 Å². The summed E-state index contributed by atoms with van der Waals surface area (Å²) in [6.45, 7) is 7.66. The largest absolute Gasteiger partial charge is 0.316 e. The molecule has 0 radical (unpaired) electrons. The topological polar surface area (TPSA) is 60.6 Å². The molecule has 2 aromatic heterocycles. The second kappa shape index (κ2) is 8.42. The first-order valence-corrected chi connectivity index (χ1v) is 9.36. The number of nitrogens with one attached hydrogen (secondary N) is 1. The van der Waals surface area contributed by atoms with Crippen LogP contribution < -0.4 is 5.32 Å². The van der Waals surface area contributed by atoms with Crippen molar-refractivity contribution in [3.05, 3.63) is 63.7 Å². The quantitative estimate of drug-likeness (QED) is 0.705. The average molecular weight is 407 g/mol. The normalized spacial score (nSPS) is 16.5. The molecule has 1 N–H and O–H groups in total. The number of aryl methyl sites for hydroxylation is 1. The Labute approximate surface area is 170 Å². The lowest BCUT2D eigenvalue weighted by Crippen LogP contribution is -2.08. The molecule has 27 heavy (non-hydrogen) atoms. The van der Waals surface area contributed by atoms with E-state index < -0.39 is 0 Å². The molecule has 3 heterocycles. The van der Waals surface area contributed by atoms with Gasteiger partial charge in [0.25, 0.3) is 0 Å². The van der Waals surface area contributed by atoms with E-state index in [1.165, 1.54) is 11.1 Å². The molecule has 1 atom stereocenters. The van der Waals surface area contributed by atoms with Crippen LogP contribution >= 0.6 is 24.0 Å². The predicted molar refractivity (Wildman–Crippen MR) is 109 cm³/mol. The Balaban J connectivity index is 0.00000210. The molecule has 0 amide bonds. The van der Waals surface area contributed by atoms with Crippen LogP contribution in [0.3, 0.4) is 0 Å². The Morgan fingerprint density at radius 2 is 1.96 bits per heavy atom. The first-order valence-electron chi connectivity index (χ1n) is 8.98. The van der Waals surface area contributed by atoms with Crippen molar-refractivity contribution in [3.63, 3.8) is 0 Å². The van der Waals surface area contributed by atoms with Crippen LogP contribution in [0.25, 0.3) is 0 Å². The Kier molecular flexibility index (Phi) is 6.19. The maximum atomic E-state index is 5.97. The molecular formula is C19H24Cl2N6. The van der Waals surface area contributed by atoms with Crippen molar-refractivity contribution >= 4 is 24.0 Å². The lowest BCUT2D eigenvalue weighted by atomic mass is 10.1. The maximum Gasteiger partial charge on any atom is 0.0871 e. The second-order valence-electron chi connectivity index (χ2n) is 6.96. The Morgan fingerprint density at radius 1 is 1.19 bits per heavy atom. The smallest absolute Gasteiger partial charge is 0.0871 e. The van der Waals surface area contributed by atoms with Crippen molar-refractivity contribution in [1.29, 1.82) is 0 Å². The van der Waals surface area contributed by atoms with Gasteiger partial charge in [-0.3, -0.25) is 4.68 Å². The summed E-state index contributed by atoms with van der Waals surface area (Å²) >= 11 is 5.97. The van der Waals surface area contributed by atoms with Gasteiger partial charge in [-0.15, -0.1) is 17.5 Å². The number of nitrogens with zero attached hydrogens (tertiary/aromatic N) is 5. The van der Waals surface area contributed by atoms with Gasteiger partial charge in [0.15, 0.2) is 0 Å². The fraction of sp³-hybridized carbons (Fsp3) is 0.421. The predicted octanol–water partition coefficient (Wildman–Crippen LogP) is 3.34. The van der Waals surface area contributed by atoms with Crippen molar-refractivity contribution in [3.8, 4) is 0 Å². The van der Waals surface area contributed by atoms with Crippen molar-refractivity contribution in [2.45, 2.75) is 39.3 Å². The zero-order chi connectivity index (χ0) is 18.1. The molecule has 4 rings (SSSR count). The molecule has 0 spiro atoms. The van der Waals surface area contributed by atoms with Crippen molar-refractivity contribution < 1.29 is 0 Å². The van der Waals surface area contributed by atoms with Crippen LogP contribution in [-0.4, -0.2) is 37.9 Å². The molecule has 0 saturated carbocycles. The fourth-order valence-electron chi connectivity index (χ4n) is 3.53. The minimum atomic E-state index is 0. The van der Waals surface area contributed by atoms with Gasteiger partial charge < -0.3 is 5.32 Å². The van der Waals surface area contributed by atoms with E-state index in [4.69, 9.17) is 16.7 Å². The lowest BCUT2D eigenvalue weighted by Gasteiger charge is -2.06. The van der Waals surface area contributed by atoms with Gasteiger partial charge in [0.05, 0.1) is 24.5 Å². The molecule has 0 aliphatic carbocycles. The Bertz CT molecular complexity index is 894. The third-order valence-corrected chi connectivity index (χ3v) is 5.38. The van der Waals surface area contributed by atoms with Gasteiger partial charge in [-0.2, -0.15) is 5.10 Å². The summed E-state index contributed by atoms with van der Waals surface area (Å²) in [7, 11) is 0. The highest BCUT2D eigenvalue weighted by Crippen LogP contribution is 2.21. The van der Waals surface area contributed by atoms with Crippen molar-refractivity contribution in [1.82, 2.24) is 30.1 Å². The fourth-order valence-corrected chi connectivity index (χ4v) is 3.65. The summed E-state index contributed by atoms with van der Waals surface area (Å²) < 4.78 is 3.98. The zero-order valence-electron chi connectivity index (χ0n) is 15.5. The van der Waals surface area contributed by atoms with Crippen LogP contribution in [0.2, 0.25) is 5.02 Å². The maximum absolute atomic E-state index is 5.97. The van der Waals surface area contributed by atoms with E-state index in [0.717, 1.165) is 48.2 Å². The van der Waals surface area contributed by atoms with Crippen LogP contribution in [0, 0.1) is 13.8 Å². The highest BCUT2D eigenvalue weighted by atomic mass is 35.5.